The van der Waals surface area contributed by atoms with Crippen molar-refractivity contribution < 1.29 is 9.53 Å². The van der Waals surface area contributed by atoms with Crippen LogP contribution in [0.4, 0.5) is 0 Å². The minimum absolute atomic E-state index is 0.0435. The van der Waals surface area contributed by atoms with Gasteiger partial charge in [0.1, 0.15) is 5.75 Å². The Morgan fingerprint density at radius 2 is 2.09 bits per heavy atom. The molecule has 0 unspecified atom stereocenters. The predicted octanol–water partition coefficient (Wildman–Crippen LogP) is 5.64. The normalized spacial score (nSPS) is 17.6. The summed E-state index contributed by atoms with van der Waals surface area (Å²) in [5.74, 6) is 0.867. The van der Waals surface area contributed by atoms with E-state index in [9.17, 15) is 4.79 Å². The third-order valence-corrected chi connectivity index (χ3v) is 7.36. The number of aryl methyl sites for hydroxylation is 1. The number of benzene rings is 2. The van der Waals surface area contributed by atoms with Gasteiger partial charge in [0.2, 0.25) is 5.91 Å². The van der Waals surface area contributed by atoms with E-state index in [1.54, 1.807) is 7.11 Å². The van der Waals surface area contributed by atoms with Gasteiger partial charge in [0.15, 0.2) is 0 Å². The third kappa shape index (κ3) is 5.64. The number of hydrogen-bond acceptors (Lipinski definition) is 3. The van der Waals surface area contributed by atoms with Gasteiger partial charge in [-0.3, -0.25) is 4.79 Å². The molecule has 0 saturated carbocycles. The summed E-state index contributed by atoms with van der Waals surface area (Å²) in [4.78, 5) is 19.1. The maximum atomic E-state index is 13.1. The summed E-state index contributed by atoms with van der Waals surface area (Å²) in [6.07, 6.45) is 8.38. The minimum Gasteiger partial charge on any atom is -0.497 e. The van der Waals surface area contributed by atoms with Crippen LogP contribution in [0.25, 0.3) is 10.9 Å². The van der Waals surface area contributed by atoms with Crippen molar-refractivity contribution in [1.29, 1.82) is 0 Å². The number of amides is 1. The van der Waals surface area contributed by atoms with Crippen LogP contribution in [0.2, 0.25) is 0 Å². The highest BCUT2D eigenvalue weighted by Gasteiger charge is 2.23. The largest absolute Gasteiger partial charge is 0.497 e. The van der Waals surface area contributed by atoms with Gasteiger partial charge < -0.3 is 19.9 Å². The lowest BCUT2D eigenvalue weighted by molar-refractivity contribution is -0.121. The van der Waals surface area contributed by atoms with E-state index in [1.165, 1.54) is 42.3 Å². The fourth-order valence-electron chi connectivity index (χ4n) is 5.34. The summed E-state index contributed by atoms with van der Waals surface area (Å²) < 4.78 is 5.48. The Kier molecular flexibility index (Phi) is 8.28. The lowest BCUT2D eigenvalue weighted by Crippen LogP contribution is -2.39. The second kappa shape index (κ2) is 11.6. The van der Waals surface area contributed by atoms with E-state index in [0.717, 1.165) is 42.8 Å². The minimum atomic E-state index is -0.0435. The van der Waals surface area contributed by atoms with Crippen LogP contribution in [-0.4, -0.2) is 48.6 Å². The van der Waals surface area contributed by atoms with Crippen LogP contribution in [0.3, 0.4) is 0 Å². The van der Waals surface area contributed by atoms with Crippen LogP contribution in [0, 0.1) is 0 Å². The van der Waals surface area contributed by atoms with Gasteiger partial charge in [-0.15, -0.1) is 0 Å². The Hall–Kier alpha value is -2.79. The van der Waals surface area contributed by atoms with Crippen LogP contribution in [0.15, 0.2) is 48.7 Å². The molecular formula is C29H39N3O2. The fraction of sp³-hybridized carbons (Fsp3) is 0.483. The average Bonchev–Trinajstić information content (AvgIpc) is 3.30. The van der Waals surface area contributed by atoms with Crippen LogP contribution in [0.5, 0.6) is 5.75 Å². The van der Waals surface area contributed by atoms with Crippen molar-refractivity contribution in [1.82, 2.24) is 15.2 Å². The number of H-pyrrole nitrogens is 1. The number of methoxy groups -OCH3 is 1. The lowest BCUT2D eigenvalue weighted by atomic mass is 9.87. The summed E-state index contributed by atoms with van der Waals surface area (Å²) >= 11 is 0. The molecule has 2 atom stereocenters. The number of aromatic amines is 1. The first kappa shape index (κ1) is 24.3. The van der Waals surface area contributed by atoms with Gasteiger partial charge in [-0.25, -0.2) is 0 Å². The molecule has 2 N–H and O–H groups in total. The molecule has 0 bridgehead atoms. The zero-order chi connectivity index (χ0) is 23.9. The van der Waals surface area contributed by atoms with E-state index in [2.05, 4.69) is 65.6 Å². The molecule has 3 aromatic rings. The topological polar surface area (TPSA) is 57.4 Å². The zero-order valence-corrected chi connectivity index (χ0v) is 20.9. The SMILES string of the molecule is CCc1cccc2c([C@@H](CC(=O)NCCCN3CCCC[C@H]3C)c3cccc(OC)c3)c[nH]c12. The third-order valence-electron chi connectivity index (χ3n) is 7.36. The first-order valence-corrected chi connectivity index (χ1v) is 12.8. The lowest BCUT2D eigenvalue weighted by Gasteiger charge is -2.33. The molecule has 5 heteroatoms. The molecule has 1 fully saturated rings. The first-order valence-electron chi connectivity index (χ1n) is 12.8. The highest BCUT2D eigenvalue weighted by Crippen LogP contribution is 2.35. The molecule has 1 aliphatic heterocycles. The molecule has 182 valence electrons. The number of aromatic nitrogens is 1. The number of piperidine rings is 1. The number of fused-ring (bicyclic) bond motifs is 1. The standard InChI is InChI=1S/C29H39N3O2/c1-4-22-11-8-14-25-27(20-31-29(22)25)26(23-12-7-13-24(18-23)34-3)19-28(33)30-15-9-17-32-16-6-5-10-21(32)2/h7-8,11-14,18,20-21,26,31H,4-6,9-10,15-17,19H2,1-3H3,(H,30,33)/t21-,26+/m1/s1. The van der Waals surface area contributed by atoms with E-state index in [0.29, 0.717) is 12.5 Å². The van der Waals surface area contributed by atoms with E-state index in [1.807, 2.05) is 12.1 Å². The van der Waals surface area contributed by atoms with Crippen molar-refractivity contribution in [2.75, 3.05) is 26.7 Å². The zero-order valence-electron chi connectivity index (χ0n) is 20.9. The Bertz CT molecular complexity index is 1090. The number of hydrogen-bond donors (Lipinski definition) is 2. The molecule has 1 aromatic heterocycles. The van der Waals surface area contributed by atoms with Crippen molar-refractivity contribution in [2.24, 2.45) is 0 Å². The number of nitrogens with zero attached hydrogens (tertiary/aromatic N) is 1. The molecule has 34 heavy (non-hydrogen) atoms. The van der Waals surface area contributed by atoms with E-state index in [4.69, 9.17) is 4.74 Å². The summed E-state index contributed by atoms with van der Waals surface area (Å²) in [7, 11) is 1.68. The number of nitrogens with one attached hydrogen (secondary N) is 2. The molecule has 4 rings (SSSR count). The van der Waals surface area contributed by atoms with Crippen molar-refractivity contribution in [3.8, 4) is 5.75 Å². The quantitative estimate of drug-likeness (QED) is 0.384. The average molecular weight is 462 g/mol. The number of para-hydroxylation sites is 1. The van der Waals surface area contributed by atoms with Gasteiger partial charge in [0, 0.05) is 48.6 Å². The Labute approximate surface area is 203 Å². The second-order valence-electron chi connectivity index (χ2n) is 9.55. The summed E-state index contributed by atoms with van der Waals surface area (Å²) in [6.45, 7) is 7.46. The number of ether oxygens (including phenoxy) is 1. The van der Waals surface area contributed by atoms with Gasteiger partial charge in [-0.1, -0.05) is 43.7 Å². The predicted molar refractivity (Wildman–Crippen MR) is 140 cm³/mol. The van der Waals surface area contributed by atoms with Crippen molar-refractivity contribution in [2.45, 2.75) is 64.3 Å². The Morgan fingerprint density at radius 1 is 1.24 bits per heavy atom. The molecule has 2 aromatic carbocycles. The Morgan fingerprint density at radius 3 is 2.88 bits per heavy atom. The van der Waals surface area contributed by atoms with E-state index in [-0.39, 0.29) is 11.8 Å². The van der Waals surface area contributed by atoms with Gasteiger partial charge in [-0.2, -0.15) is 0 Å². The fourth-order valence-corrected chi connectivity index (χ4v) is 5.34. The molecule has 1 aliphatic rings. The molecule has 0 spiro atoms. The van der Waals surface area contributed by atoms with Gasteiger partial charge in [0.25, 0.3) is 0 Å². The highest BCUT2D eigenvalue weighted by molar-refractivity contribution is 5.88. The van der Waals surface area contributed by atoms with Gasteiger partial charge >= 0.3 is 0 Å². The Balaban J connectivity index is 1.48. The molecule has 5 nitrogen and oxygen atoms in total. The van der Waals surface area contributed by atoms with Crippen molar-refractivity contribution >= 4 is 16.8 Å². The van der Waals surface area contributed by atoms with Crippen LogP contribution in [0.1, 0.15) is 68.6 Å². The number of rotatable bonds is 10. The maximum Gasteiger partial charge on any atom is 0.220 e. The van der Waals surface area contributed by atoms with E-state index >= 15 is 0 Å². The van der Waals surface area contributed by atoms with Crippen LogP contribution in [-0.2, 0) is 11.2 Å². The van der Waals surface area contributed by atoms with E-state index < -0.39 is 0 Å². The molecular weight excluding hydrogens is 422 g/mol. The number of likely N-dealkylation sites (tertiary alicyclic amines) is 1. The highest BCUT2D eigenvalue weighted by atomic mass is 16.5. The number of carbonyl (C=O) groups excluding carboxylic acids is 1. The van der Waals surface area contributed by atoms with Gasteiger partial charge in [-0.05, 0) is 68.0 Å². The number of carbonyl (C=O) groups is 1. The molecule has 2 heterocycles. The van der Waals surface area contributed by atoms with Crippen LogP contribution < -0.4 is 10.1 Å². The molecule has 0 aliphatic carbocycles. The second-order valence-corrected chi connectivity index (χ2v) is 9.55. The van der Waals surface area contributed by atoms with Crippen LogP contribution >= 0.6 is 0 Å². The maximum absolute atomic E-state index is 13.1. The summed E-state index contributed by atoms with van der Waals surface area (Å²) in [5, 5.41) is 4.38. The molecule has 1 saturated heterocycles. The summed E-state index contributed by atoms with van der Waals surface area (Å²) in [5.41, 5.74) is 4.73. The van der Waals surface area contributed by atoms with Crippen molar-refractivity contribution in [3.63, 3.8) is 0 Å². The van der Waals surface area contributed by atoms with Crippen molar-refractivity contribution in [3.05, 3.63) is 65.4 Å². The monoisotopic (exact) mass is 461 g/mol. The smallest absolute Gasteiger partial charge is 0.220 e. The molecule has 1 amide bonds. The molecule has 0 radical (unpaired) electrons. The first-order chi connectivity index (χ1) is 16.6. The van der Waals surface area contributed by atoms with Gasteiger partial charge in [0.05, 0.1) is 7.11 Å². The summed E-state index contributed by atoms with van der Waals surface area (Å²) in [6, 6.07) is 15.2.